The number of aliphatic imine (C=N–C) groups is 1. The molecule has 1 unspecified atom stereocenters. The predicted molar refractivity (Wildman–Crippen MR) is 123 cm³/mol. The summed E-state index contributed by atoms with van der Waals surface area (Å²) in [6.45, 7) is 0. The molecule has 0 bridgehead atoms. The monoisotopic (exact) mass is 457 g/mol. The van der Waals surface area contributed by atoms with Crippen LogP contribution < -0.4 is 5.32 Å². The molecule has 4 rings (SSSR count). The Balaban J connectivity index is 1.83. The maximum atomic E-state index is 14.5. The number of aliphatic hydroxyl groups is 1. The number of nitrogens with zero attached hydrogens (tertiary/aromatic N) is 2. The van der Waals surface area contributed by atoms with E-state index >= 15 is 0 Å². The van der Waals surface area contributed by atoms with Crippen LogP contribution in [0.5, 0.6) is 0 Å². The van der Waals surface area contributed by atoms with Crippen LogP contribution in [0.3, 0.4) is 0 Å². The molecule has 1 amide bonds. The largest absolute Gasteiger partial charge is 0.425 e. The summed E-state index contributed by atoms with van der Waals surface area (Å²) in [6.07, 6.45) is 1.28. The Morgan fingerprint density at radius 3 is 2.55 bits per heavy atom. The molecule has 0 spiro atoms. The van der Waals surface area contributed by atoms with Gasteiger partial charge in [-0.2, -0.15) is 13.2 Å². The van der Waals surface area contributed by atoms with E-state index in [0.29, 0.717) is 22.2 Å². The van der Waals surface area contributed by atoms with E-state index in [4.69, 9.17) is 0 Å². The fourth-order valence-electron chi connectivity index (χ4n) is 4.67. The molecule has 1 fully saturated rings. The van der Waals surface area contributed by atoms with Gasteiger partial charge in [-0.05, 0) is 36.6 Å². The lowest BCUT2D eigenvalue weighted by Gasteiger charge is -2.31. The second kappa shape index (κ2) is 8.67. The molecule has 2 aromatic carbocycles. The van der Waals surface area contributed by atoms with Gasteiger partial charge in [0, 0.05) is 60.1 Å². The molecular weight excluding hydrogens is 431 g/mol. The van der Waals surface area contributed by atoms with Crippen LogP contribution in [0.25, 0.3) is 10.9 Å². The molecule has 0 aliphatic heterocycles. The van der Waals surface area contributed by atoms with Gasteiger partial charge in [0.25, 0.3) is 0 Å². The van der Waals surface area contributed by atoms with Gasteiger partial charge in [0.05, 0.1) is 0 Å². The van der Waals surface area contributed by atoms with Crippen LogP contribution in [0.4, 0.5) is 18.9 Å². The Hall–Kier alpha value is -3.13. The van der Waals surface area contributed by atoms with Crippen molar-refractivity contribution in [1.82, 2.24) is 4.57 Å². The fourth-order valence-corrected chi connectivity index (χ4v) is 4.67. The predicted octanol–water partition coefficient (Wildman–Crippen LogP) is 5.15. The summed E-state index contributed by atoms with van der Waals surface area (Å²) in [5.74, 6) is -0.245. The smallest absolute Gasteiger partial charge is 0.372 e. The highest BCUT2D eigenvalue weighted by atomic mass is 19.4. The summed E-state index contributed by atoms with van der Waals surface area (Å²) >= 11 is 0. The van der Waals surface area contributed by atoms with E-state index in [1.807, 2.05) is 0 Å². The number of alkyl halides is 3. The van der Waals surface area contributed by atoms with Crippen LogP contribution in [-0.2, 0) is 17.4 Å². The second-order valence-electron chi connectivity index (χ2n) is 8.54. The number of benzene rings is 2. The fraction of sp³-hybridized carbons (Fsp3) is 0.360. The summed E-state index contributed by atoms with van der Waals surface area (Å²) < 4.78 is 45.0. The Labute approximate surface area is 189 Å². The average Bonchev–Trinajstić information content (AvgIpc) is 3.43. The molecule has 0 saturated heterocycles. The van der Waals surface area contributed by atoms with Crippen molar-refractivity contribution in [3.63, 3.8) is 0 Å². The van der Waals surface area contributed by atoms with Gasteiger partial charge in [0.2, 0.25) is 11.5 Å². The molecule has 1 aromatic heterocycles. The number of aryl methyl sites for hydroxylation is 1. The van der Waals surface area contributed by atoms with Crippen LogP contribution in [-0.4, -0.2) is 35.0 Å². The second-order valence-corrected chi connectivity index (χ2v) is 8.54. The Bertz CT molecular complexity index is 1210. The highest BCUT2D eigenvalue weighted by Gasteiger charge is 2.57. The Morgan fingerprint density at radius 1 is 1.18 bits per heavy atom. The number of rotatable bonds is 5. The number of anilines is 1. The zero-order valence-electron chi connectivity index (χ0n) is 18.5. The minimum absolute atomic E-state index is 0.0983. The molecular formula is C25H26F3N3O2. The van der Waals surface area contributed by atoms with Crippen molar-refractivity contribution in [1.29, 1.82) is 0 Å². The molecule has 1 atom stereocenters. The molecule has 1 aliphatic rings. The van der Waals surface area contributed by atoms with Crippen molar-refractivity contribution < 1.29 is 23.1 Å². The normalized spacial score (nSPS) is 17.0. The van der Waals surface area contributed by atoms with E-state index in [-0.39, 0.29) is 23.0 Å². The number of para-hydroxylation sites is 1. The molecule has 174 valence electrons. The highest BCUT2D eigenvalue weighted by molar-refractivity contribution is 5.99. The van der Waals surface area contributed by atoms with Crippen LogP contribution in [0, 0.1) is 5.92 Å². The first-order valence-electron chi connectivity index (χ1n) is 10.9. The van der Waals surface area contributed by atoms with Gasteiger partial charge in [-0.15, -0.1) is 0 Å². The number of aromatic nitrogens is 1. The minimum Gasteiger partial charge on any atom is -0.372 e. The number of hydrogen-bond donors (Lipinski definition) is 2. The Morgan fingerprint density at radius 2 is 1.88 bits per heavy atom. The van der Waals surface area contributed by atoms with Crippen molar-refractivity contribution >= 4 is 28.7 Å². The summed E-state index contributed by atoms with van der Waals surface area (Å²) in [4.78, 5) is 16.5. The maximum Gasteiger partial charge on any atom is 0.425 e. The van der Waals surface area contributed by atoms with Gasteiger partial charge in [0.1, 0.15) is 0 Å². The molecule has 33 heavy (non-hydrogen) atoms. The van der Waals surface area contributed by atoms with Crippen molar-refractivity contribution in [3.05, 3.63) is 65.4 Å². The molecule has 1 saturated carbocycles. The summed E-state index contributed by atoms with van der Waals surface area (Å²) in [5.41, 5.74) is -2.62. The van der Waals surface area contributed by atoms with E-state index in [9.17, 15) is 23.1 Å². The van der Waals surface area contributed by atoms with Crippen molar-refractivity contribution in [2.75, 3.05) is 12.4 Å². The lowest BCUT2D eigenvalue weighted by Crippen LogP contribution is -2.43. The maximum absolute atomic E-state index is 14.5. The van der Waals surface area contributed by atoms with Crippen LogP contribution >= 0.6 is 0 Å². The number of amides is 1. The standard InChI is InChI=1S/C25H26F3N3O2/c1-29-14-17-13-18(11-12-21(17)30-23(32)16-7-3-4-8-16)24(33,25(26,27)28)20-15-31(2)22-10-6-5-9-19(20)22/h5-6,9-16,33H,3-4,7-8H2,1-2H3,(H,30,32). The third-order valence-corrected chi connectivity index (χ3v) is 6.42. The van der Waals surface area contributed by atoms with Crippen molar-refractivity contribution in [3.8, 4) is 0 Å². The molecule has 0 radical (unpaired) electrons. The zero-order chi connectivity index (χ0) is 23.8. The quantitative estimate of drug-likeness (QED) is 0.520. The van der Waals surface area contributed by atoms with Crippen LogP contribution in [0.2, 0.25) is 0 Å². The van der Waals surface area contributed by atoms with Crippen LogP contribution in [0.1, 0.15) is 42.4 Å². The minimum atomic E-state index is -4.99. The average molecular weight is 457 g/mol. The SMILES string of the molecule is CN=Cc1cc(C(O)(c2cn(C)c3ccccc23)C(F)(F)F)ccc1NC(=O)C1CCCC1. The van der Waals surface area contributed by atoms with Crippen molar-refractivity contribution in [2.45, 2.75) is 37.5 Å². The van der Waals surface area contributed by atoms with Gasteiger partial charge in [0.15, 0.2) is 0 Å². The topological polar surface area (TPSA) is 66.6 Å². The number of carbonyl (C=O) groups excluding carboxylic acids is 1. The first-order valence-corrected chi connectivity index (χ1v) is 10.9. The summed E-state index contributed by atoms with van der Waals surface area (Å²) in [6, 6.07) is 10.5. The molecule has 1 heterocycles. The van der Waals surface area contributed by atoms with Crippen molar-refractivity contribution in [2.24, 2.45) is 18.0 Å². The number of halogens is 3. The number of carbonyl (C=O) groups is 1. The van der Waals surface area contributed by atoms with Gasteiger partial charge in [-0.3, -0.25) is 9.79 Å². The lowest BCUT2D eigenvalue weighted by molar-refractivity contribution is -0.247. The lowest BCUT2D eigenvalue weighted by atomic mass is 9.84. The van der Waals surface area contributed by atoms with E-state index in [1.54, 1.807) is 35.9 Å². The Kier molecular flexibility index (Phi) is 6.05. The first-order chi connectivity index (χ1) is 15.7. The molecule has 8 heteroatoms. The van der Waals surface area contributed by atoms with E-state index in [0.717, 1.165) is 25.7 Å². The molecule has 3 aromatic rings. The molecule has 2 N–H and O–H groups in total. The summed E-state index contributed by atoms with van der Waals surface area (Å²) in [7, 11) is 3.13. The third-order valence-electron chi connectivity index (χ3n) is 6.42. The number of nitrogens with one attached hydrogen (secondary N) is 1. The highest BCUT2D eigenvalue weighted by Crippen LogP contribution is 2.47. The zero-order valence-corrected chi connectivity index (χ0v) is 18.5. The van der Waals surface area contributed by atoms with E-state index in [1.165, 1.54) is 37.7 Å². The number of fused-ring (bicyclic) bond motifs is 1. The van der Waals surface area contributed by atoms with Gasteiger partial charge >= 0.3 is 6.18 Å². The van der Waals surface area contributed by atoms with Gasteiger partial charge < -0.3 is 15.0 Å². The number of hydrogen-bond acceptors (Lipinski definition) is 3. The van der Waals surface area contributed by atoms with E-state index < -0.39 is 11.8 Å². The van der Waals surface area contributed by atoms with Crippen LogP contribution in [0.15, 0.2) is 53.7 Å². The van der Waals surface area contributed by atoms with E-state index in [2.05, 4.69) is 10.3 Å². The van der Waals surface area contributed by atoms with Gasteiger partial charge in [-0.25, -0.2) is 0 Å². The molecule has 1 aliphatic carbocycles. The summed E-state index contributed by atoms with van der Waals surface area (Å²) in [5, 5.41) is 14.4. The van der Waals surface area contributed by atoms with Gasteiger partial charge in [-0.1, -0.05) is 37.1 Å². The first kappa shape index (κ1) is 23.0. The molecule has 5 nitrogen and oxygen atoms in total. The third kappa shape index (κ3) is 4.04.